The van der Waals surface area contributed by atoms with Crippen molar-refractivity contribution in [2.75, 3.05) is 18.0 Å². The number of hydrogen-bond acceptors (Lipinski definition) is 5. The Morgan fingerprint density at radius 3 is 2.89 bits per heavy atom. The van der Waals surface area contributed by atoms with E-state index in [4.69, 9.17) is 0 Å². The molecule has 28 heavy (non-hydrogen) atoms. The van der Waals surface area contributed by atoms with Crippen molar-refractivity contribution < 1.29 is 4.79 Å². The summed E-state index contributed by atoms with van der Waals surface area (Å²) in [6.45, 7) is 1.23. The maximum absolute atomic E-state index is 12.5. The van der Waals surface area contributed by atoms with Crippen LogP contribution in [0.15, 0.2) is 46.2 Å². The molecule has 1 atom stereocenters. The number of hydrogen-bond donors (Lipinski definition) is 1. The number of rotatable bonds is 4. The smallest absolute Gasteiger partial charge is 0.332 e. The van der Waals surface area contributed by atoms with Crippen LogP contribution in [0.4, 0.5) is 5.82 Å². The molecule has 1 aliphatic rings. The normalized spacial score (nSPS) is 16.6. The summed E-state index contributed by atoms with van der Waals surface area (Å²) in [4.78, 5) is 38.6. The van der Waals surface area contributed by atoms with Crippen molar-refractivity contribution in [1.82, 2.24) is 24.1 Å². The van der Waals surface area contributed by atoms with Gasteiger partial charge in [-0.2, -0.15) is 5.10 Å². The highest BCUT2D eigenvalue weighted by atomic mass is 16.2. The Bertz CT molecular complexity index is 1160. The molecule has 0 aliphatic carbocycles. The van der Waals surface area contributed by atoms with Crippen LogP contribution in [0.5, 0.6) is 0 Å². The van der Waals surface area contributed by atoms with Crippen molar-refractivity contribution in [3.63, 3.8) is 0 Å². The minimum Gasteiger partial charge on any atom is -0.356 e. The van der Waals surface area contributed by atoms with Gasteiger partial charge >= 0.3 is 5.69 Å². The van der Waals surface area contributed by atoms with Crippen LogP contribution in [-0.2, 0) is 25.3 Å². The van der Waals surface area contributed by atoms with Gasteiger partial charge in [-0.1, -0.05) is 6.07 Å². The van der Waals surface area contributed by atoms with Crippen LogP contribution in [0.3, 0.4) is 0 Å². The molecule has 9 nitrogen and oxygen atoms in total. The lowest BCUT2D eigenvalue weighted by Crippen LogP contribution is -2.41. The van der Waals surface area contributed by atoms with Gasteiger partial charge in [0.25, 0.3) is 5.56 Å². The number of pyridine rings is 1. The van der Waals surface area contributed by atoms with Gasteiger partial charge in [-0.25, -0.2) is 9.31 Å². The Balaban J connectivity index is 1.43. The minimum atomic E-state index is -0.358. The summed E-state index contributed by atoms with van der Waals surface area (Å²) in [5, 5.41) is 7.31. The molecule has 146 valence electrons. The van der Waals surface area contributed by atoms with Gasteiger partial charge in [-0.15, -0.1) is 0 Å². The van der Waals surface area contributed by atoms with Crippen LogP contribution >= 0.6 is 0 Å². The molecule has 0 radical (unpaired) electrons. The fourth-order valence-electron chi connectivity index (χ4n) is 3.69. The van der Waals surface area contributed by atoms with Gasteiger partial charge in [0, 0.05) is 51.1 Å². The molecule has 9 heteroatoms. The van der Waals surface area contributed by atoms with Gasteiger partial charge in [-0.3, -0.25) is 18.7 Å². The van der Waals surface area contributed by atoms with Crippen LogP contribution in [0.2, 0.25) is 0 Å². The molecule has 1 amide bonds. The Morgan fingerprint density at radius 2 is 2.07 bits per heavy atom. The summed E-state index contributed by atoms with van der Waals surface area (Å²) in [5.74, 6) is 0.510. The Morgan fingerprint density at radius 1 is 1.25 bits per heavy atom. The maximum atomic E-state index is 12.5. The quantitative estimate of drug-likeness (QED) is 0.667. The lowest BCUT2D eigenvalue weighted by atomic mass is 10.1. The Labute approximate surface area is 160 Å². The highest BCUT2D eigenvalue weighted by Crippen LogP contribution is 2.18. The molecule has 1 N–H and O–H groups in total. The van der Waals surface area contributed by atoms with Gasteiger partial charge in [0.2, 0.25) is 5.91 Å². The standard InChI is InChI=1S/C19H22N6O3/c1-22-17(10-18(27)23(2)19(22)28)24-8-6-14(12-24)21-16(26)9-13-11-20-25-7-4-3-5-15(13)25/h3-5,7,10-11,14H,6,8-9,12H2,1-2H3,(H,21,26)/t14-/m1/s1. The molecule has 3 aromatic rings. The zero-order chi connectivity index (χ0) is 19.8. The minimum absolute atomic E-state index is 0.0338. The first-order chi connectivity index (χ1) is 13.4. The molecule has 0 saturated carbocycles. The van der Waals surface area contributed by atoms with Crippen LogP contribution in [0.25, 0.3) is 5.52 Å². The molecule has 1 saturated heterocycles. The van der Waals surface area contributed by atoms with Crippen LogP contribution < -0.4 is 21.5 Å². The second kappa shape index (κ2) is 6.99. The number of carbonyl (C=O) groups is 1. The van der Waals surface area contributed by atoms with Crippen LogP contribution in [0.1, 0.15) is 12.0 Å². The van der Waals surface area contributed by atoms with Crippen molar-refractivity contribution in [3.8, 4) is 0 Å². The van der Waals surface area contributed by atoms with E-state index in [1.165, 1.54) is 17.7 Å². The van der Waals surface area contributed by atoms with Gasteiger partial charge in [0.15, 0.2) is 0 Å². The van der Waals surface area contributed by atoms with E-state index in [9.17, 15) is 14.4 Å². The molecule has 0 bridgehead atoms. The van der Waals surface area contributed by atoms with E-state index in [1.54, 1.807) is 17.8 Å². The van der Waals surface area contributed by atoms with Crippen LogP contribution in [-0.4, -0.2) is 43.8 Å². The average molecular weight is 382 g/mol. The third kappa shape index (κ3) is 3.19. The number of aromatic nitrogens is 4. The number of amides is 1. The summed E-state index contributed by atoms with van der Waals surface area (Å²) >= 11 is 0. The SMILES string of the molecule is Cn1c(N2CC[C@@H](NC(=O)Cc3cnn4ccccc34)C2)cc(=O)n(C)c1=O. The highest BCUT2D eigenvalue weighted by molar-refractivity contribution is 5.81. The van der Waals surface area contributed by atoms with Gasteiger partial charge in [-0.05, 0) is 18.6 Å². The maximum Gasteiger partial charge on any atom is 0.332 e. The van der Waals surface area contributed by atoms with E-state index in [0.29, 0.717) is 18.9 Å². The first kappa shape index (κ1) is 18.0. The summed E-state index contributed by atoms with van der Waals surface area (Å²) in [6, 6.07) is 7.17. The molecule has 4 heterocycles. The Kier molecular flexibility index (Phi) is 4.50. The van der Waals surface area contributed by atoms with E-state index in [-0.39, 0.29) is 29.6 Å². The highest BCUT2D eigenvalue weighted by Gasteiger charge is 2.26. The Hall–Kier alpha value is -3.36. The second-order valence-corrected chi connectivity index (χ2v) is 7.12. The van der Waals surface area contributed by atoms with Crippen molar-refractivity contribution >= 4 is 17.2 Å². The van der Waals surface area contributed by atoms with Crippen molar-refractivity contribution in [2.24, 2.45) is 14.1 Å². The lowest BCUT2D eigenvalue weighted by Gasteiger charge is -2.21. The molecule has 0 unspecified atom stereocenters. The first-order valence-corrected chi connectivity index (χ1v) is 9.16. The van der Waals surface area contributed by atoms with Crippen molar-refractivity contribution in [3.05, 3.63) is 63.1 Å². The zero-order valence-electron chi connectivity index (χ0n) is 15.8. The molecular formula is C19H22N6O3. The predicted molar refractivity (Wildman–Crippen MR) is 105 cm³/mol. The number of carbonyl (C=O) groups excluding carboxylic acids is 1. The van der Waals surface area contributed by atoms with E-state index >= 15 is 0 Å². The number of nitrogens with one attached hydrogen (secondary N) is 1. The van der Waals surface area contributed by atoms with Gasteiger partial charge in [0.1, 0.15) is 5.82 Å². The lowest BCUT2D eigenvalue weighted by molar-refractivity contribution is -0.121. The topological polar surface area (TPSA) is 93.6 Å². The second-order valence-electron chi connectivity index (χ2n) is 7.12. The number of anilines is 1. The zero-order valence-corrected chi connectivity index (χ0v) is 15.8. The third-order valence-corrected chi connectivity index (χ3v) is 5.24. The van der Waals surface area contributed by atoms with E-state index in [0.717, 1.165) is 22.1 Å². The van der Waals surface area contributed by atoms with Gasteiger partial charge < -0.3 is 10.2 Å². The summed E-state index contributed by atoms with van der Waals surface area (Å²) in [7, 11) is 3.11. The molecule has 1 fully saturated rings. The number of fused-ring (bicyclic) bond motifs is 1. The van der Waals surface area contributed by atoms with E-state index in [2.05, 4.69) is 10.4 Å². The molecule has 3 aromatic heterocycles. The predicted octanol–water partition coefficient (Wildman–Crippen LogP) is -0.331. The summed E-state index contributed by atoms with van der Waals surface area (Å²) in [5.41, 5.74) is 1.10. The van der Waals surface area contributed by atoms with Crippen molar-refractivity contribution in [2.45, 2.75) is 18.9 Å². The summed E-state index contributed by atoms with van der Waals surface area (Å²) in [6.07, 6.45) is 4.57. The first-order valence-electron chi connectivity index (χ1n) is 9.16. The molecular weight excluding hydrogens is 360 g/mol. The van der Waals surface area contributed by atoms with E-state index < -0.39 is 0 Å². The molecule has 4 rings (SSSR count). The van der Waals surface area contributed by atoms with Crippen molar-refractivity contribution in [1.29, 1.82) is 0 Å². The summed E-state index contributed by atoms with van der Waals surface area (Å²) < 4.78 is 4.29. The monoisotopic (exact) mass is 382 g/mol. The average Bonchev–Trinajstić information content (AvgIpc) is 3.30. The van der Waals surface area contributed by atoms with Gasteiger partial charge in [0.05, 0.1) is 18.1 Å². The molecule has 1 aliphatic heterocycles. The van der Waals surface area contributed by atoms with Crippen LogP contribution in [0, 0.1) is 0 Å². The van der Waals surface area contributed by atoms with E-state index in [1.807, 2.05) is 29.3 Å². The third-order valence-electron chi connectivity index (χ3n) is 5.24. The fraction of sp³-hybridized carbons (Fsp3) is 0.368. The number of nitrogens with zero attached hydrogens (tertiary/aromatic N) is 5. The molecule has 0 aromatic carbocycles. The fourth-order valence-corrected chi connectivity index (χ4v) is 3.69. The largest absolute Gasteiger partial charge is 0.356 e. The molecule has 0 spiro atoms.